The van der Waals surface area contributed by atoms with Gasteiger partial charge < -0.3 is 9.32 Å². The van der Waals surface area contributed by atoms with E-state index in [1.807, 2.05) is 19.0 Å². The smallest absolute Gasteiger partial charge is 0.261 e. The van der Waals surface area contributed by atoms with Crippen molar-refractivity contribution in [1.29, 1.82) is 0 Å². The molecule has 9 heteroatoms. The van der Waals surface area contributed by atoms with Gasteiger partial charge in [0.2, 0.25) is 0 Å². The van der Waals surface area contributed by atoms with Crippen molar-refractivity contribution in [3.8, 4) is 0 Å². The maximum absolute atomic E-state index is 8.49. The number of aromatic nitrogens is 1. The number of hydrogen-bond acceptors (Lipinski definition) is 7. The molecule has 0 fully saturated rings. The van der Waals surface area contributed by atoms with Crippen molar-refractivity contribution >= 4 is 34.5 Å². The van der Waals surface area contributed by atoms with Gasteiger partial charge in [-0.05, 0) is 36.4 Å². The van der Waals surface area contributed by atoms with Crippen LogP contribution in [0.5, 0.6) is 0 Å². The minimum Gasteiger partial charge on any atom is -0.424 e. The number of benzene rings is 3. The molecule has 0 saturated heterocycles. The molecule has 7 nitrogen and oxygen atoms in total. The monoisotopic (exact) mass is 472 g/mol. The van der Waals surface area contributed by atoms with E-state index in [2.05, 4.69) is 91.0 Å². The molecule has 32 heavy (non-hydrogen) atoms. The SMILES string of the molecule is CN(C)c1ocnc1[P+](c1ccccc1)(c1ccccc1)c1ccccc1.[O-][Cl+3]([O-])([O-])[O-]. The average molecular weight is 473 g/mol. The van der Waals surface area contributed by atoms with E-state index < -0.39 is 17.5 Å². The summed E-state index contributed by atoms with van der Waals surface area (Å²) in [7, 11) is -3.14. The fraction of sp³-hybridized carbons (Fsp3) is 0.0870. The zero-order valence-corrected chi connectivity index (χ0v) is 19.1. The van der Waals surface area contributed by atoms with Crippen molar-refractivity contribution in [3.63, 3.8) is 0 Å². The van der Waals surface area contributed by atoms with Crippen LogP contribution in [0.2, 0.25) is 0 Å². The lowest BCUT2D eigenvalue weighted by molar-refractivity contribution is -2.00. The first-order valence-electron chi connectivity index (χ1n) is 9.53. The van der Waals surface area contributed by atoms with Crippen LogP contribution in [0.15, 0.2) is 102 Å². The predicted molar refractivity (Wildman–Crippen MR) is 116 cm³/mol. The Bertz CT molecular complexity index is 1000. The van der Waals surface area contributed by atoms with Gasteiger partial charge in [0.05, 0.1) is 0 Å². The van der Waals surface area contributed by atoms with Crippen molar-refractivity contribution in [2.75, 3.05) is 19.0 Å². The van der Waals surface area contributed by atoms with Crippen LogP contribution in [0.1, 0.15) is 0 Å². The van der Waals surface area contributed by atoms with E-state index in [4.69, 9.17) is 28.0 Å². The third-order valence-corrected chi connectivity index (χ3v) is 8.85. The van der Waals surface area contributed by atoms with Crippen LogP contribution in [-0.4, -0.2) is 19.1 Å². The molecule has 0 bridgehead atoms. The summed E-state index contributed by atoms with van der Waals surface area (Å²) in [5, 5.41) is 3.79. The summed E-state index contributed by atoms with van der Waals surface area (Å²) in [5.41, 5.74) is 0.996. The Morgan fingerprint density at radius 1 is 0.688 bits per heavy atom. The van der Waals surface area contributed by atoms with Crippen molar-refractivity contribution in [2.24, 2.45) is 0 Å². The highest BCUT2D eigenvalue weighted by Crippen LogP contribution is 2.55. The summed E-state index contributed by atoms with van der Waals surface area (Å²) >= 11 is 0. The van der Waals surface area contributed by atoms with E-state index in [-0.39, 0.29) is 0 Å². The van der Waals surface area contributed by atoms with Gasteiger partial charge in [-0.2, -0.15) is 4.98 Å². The largest absolute Gasteiger partial charge is 0.424 e. The van der Waals surface area contributed by atoms with E-state index >= 15 is 0 Å². The lowest BCUT2D eigenvalue weighted by Gasteiger charge is -2.26. The van der Waals surface area contributed by atoms with Crippen molar-refractivity contribution in [2.45, 2.75) is 0 Å². The number of oxazole rings is 1. The van der Waals surface area contributed by atoms with Gasteiger partial charge in [-0.3, -0.25) is 0 Å². The van der Waals surface area contributed by atoms with E-state index in [0.717, 1.165) is 11.3 Å². The van der Waals surface area contributed by atoms with Crippen molar-refractivity contribution in [3.05, 3.63) is 97.4 Å². The van der Waals surface area contributed by atoms with Crippen LogP contribution in [-0.2, 0) is 0 Å². The van der Waals surface area contributed by atoms with Gasteiger partial charge in [-0.1, -0.05) is 54.6 Å². The Labute approximate surface area is 189 Å². The molecule has 4 aromatic rings. The molecular weight excluding hydrogens is 451 g/mol. The highest BCUT2D eigenvalue weighted by Gasteiger charge is 2.52. The first kappa shape index (κ1) is 23.9. The highest BCUT2D eigenvalue weighted by molar-refractivity contribution is 8.01. The van der Waals surface area contributed by atoms with Gasteiger partial charge in [0.1, 0.15) is 15.9 Å². The Kier molecular flexibility index (Phi) is 7.64. The summed E-state index contributed by atoms with van der Waals surface area (Å²) in [5.74, 6) is 0.805. The van der Waals surface area contributed by atoms with E-state index in [1.165, 1.54) is 15.9 Å². The maximum atomic E-state index is 8.49. The Morgan fingerprint density at radius 3 is 1.34 bits per heavy atom. The molecule has 0 atom stereocenters. The molecule has 0 aliphatic rings. The van der Waals surface area contributed by atoms with E-state index in [0.29, 0.717) is 0 Å². The van der Waals surface area contributed by atoms with Crippen LogP contribution < -0.4 is 44.9 Å². The minimum absolute atomic E-state index is 0.805. The summed E-state index contributed by atoms with van der Waals surface area (Å²) in [6.07, 6.45) is 1.56. The zero-order valence-electron chi connectivity index (χ0n) is 17.5. The lowest BCUT2D eigenvalue weighted by atomic mass is 10.4. The molecule has 3 aromatic carbocycles. The summed E-state index contributed by atoms with van der Waals surface area (Å²) in [6, 6.07) is 32.1. The molecule has 0 aliphatic carbocycles. The third-order valence-electron chi connectivity index (χ3n) is 4.68. The first-order valence-corrected chi connectivity index (χ1v) is 12.6. The van der Waals surface area contributed by atoms with Gasteiger partial charge in [0, 0.05) is 14.1 Å². The summed E-state index contributed by atoms with van der Waals surface area (Å²) < 4.78 is 39.8. The Hall–Kier alpha value is -2.77. The second-order valence-corrected chi connectivity index (χ2v) is 11.0. The molecule has 0 N–H and O–H groups in total. The molecule has 0 radical (unpaired) electrons. The van der Waals surface area contributed by atoms with Crippen LogP contribution in [0.4, 0.5) is 5.88 Å². The zero-order chi connectivity index (χ0) is 23.2. The number of nitrogens with zero attached hydrogens (tertiary/aromatic N) is 2. The van der Waals surface area contributed by atoms with Gasteiger partial charge in [0.15, 0.2) is 13.7 Å². The standard InChI is InChI=1S/C23H22N2OP.ClHO4/c1-25(2)23-22(24-18-26-23)27(19-12-6-3-7-13-19,20-14-8-4-9-15-20)21-16-10-5-11-17-21;2-1(3,4)5/h3-18H,1-2H3;(H,2,3,4,5)/q+1;/p-1. The number of halogens is 1. The number of anilines is 1. The Morgan fingerprint density at radius 2 is 1.03 bits per heavy atom. The number of hydrogen-bond donors (Lipinski definition) is 0. The molecule has 0 saturated carbocycles. The molecule has 0 unspecified atom stereocenters. The molecule has 166 valence electrons. The van der Waals surface area contributed by atoms with E-state index in [1.54, 1.807) is 6.39 Å². The normalized spacial score (nSPS) is 11.4. The minimum atomic E-state index is -4.94. The predicted octanol–water partition coefficient (Wildman–Crippen LogP) is -1.40. The van der Waals surface area contributed by atoms with Gasteiger partial charge in [-0.15, -0.1) is 10.2 Å². The molecular formula is C23H22ClN2O5P. The number of rotatable bonds is 5. The topological polar surface area (TPSA) is 122 Å². The molecule has 0 aliphatic heterocycles. The van der Waals surface area contributed by atoms with Crippen molar-refractivity contribution in [1.82, 2.24) is 4.98 Å². The molecule has 0 spiro atoms. The van der Waals surface area contributed by atoms with Gasteiger partial charge in [0.25, 0.3) is 11.3 Å². The molecule has 4 rings (SSSR count). The van der Waals surface area contributed by atoms with Crippen molar-refractivity contribution < 1.29 is 33.3 Å². The Balaban J connectivity index is 0.000000523. The third kappa shape index (κ3) is 5.34. The first-order chi connectivity index (χ1) is 15.2. The van der Waals surface area contributed by atoms with Gasteiger partial charge in [-0.25, -0.2) is 18.6 Å². The van der Waals surface area contributed by atoms with Gasteiger partial charge >= 0.3 is 0 Å². The van der Waals surface area contributed by atoms with Crippen LogP contribution in [0, 0.1) is 10.2 Å². The fourth-order valence-corrected chi connectivity index (χ4v) is 7.78. The van der Waals surface area contributed by atoms with Crippen LogP contribution in [0.25, 0.3) is 0 Å². The van der Waals surface area contributed by atoms with E-state index in [9.17, 15) is 0 Å². The summed E-state index contributed by atoms with van der Waals surface area (Å²) in [4.78, 5) is 6.79. The van der Waals surface area contributed by atoms with Crippen LogP contribution in [0.3, 0.4) is 0 Å². The molecule has 0 amide bonds. The second-order valence-electron chi connectivity index (χ2n) is 6.93. The maximum Gasteiger partial charge on any atom is 0.261 e. The van der Waals surface area contributed by atoms with Crippen LogP contribution >= 0.6 is 7.26 Å². The molecule has 1 aromatic heterocycles. The average Bonchev–Trinajstić information content (AvgIpc) is 3.26. The summed E-state index contributed by atoms with van der Waals surface area (Å²) in [6.45, 7) is 0. The quantitative estimate of drug-likeness (QED) is 0.328. The lowest BCUT2D eigenvalue weighted by Crippen LogP contribution is -2.68. The molecule has 1 heterocycles. The highest BCUT2D eigenvalue weighted by atomic mass is 35.7. The second kappa shape index (κ2) is 10.2. The fourth-order valence-electron chi connectivity index (χ4n) is 3.54.